The Morgan fingerprint density at radius 3 is 2.36 bits per heavy atom. The van der Waals surface area contributed by atoms with Crippen molar-refractivity contribution in [3.8, 4) is 0 Å². The van der Waals surface area contributed by atoms with Gasteiger partial charge in [-0.15, -0.1) is 0 Å². The molecule has 0 aromatic heterocycles. The highest BCUT2D eigenvalue weighted by Crippen LogP contribution is 2.21. The number of rotatable bonds is 5. The number of hydrogen-bond acceptors (Lipinski definition) is 5. The lowest BCUT2D eigenvalue weighted by molar-refractivity contribution is -0.161. The summed E-state index contributed by atoms with van der Waals surface area (Å²) in [7, 11) is -6.00. The maximum atomic E-state index is 12.4. The largest absolute Gasteiger partial charge is 0.743 e. The van der Waals surface area contributed by atoms with E-state index in [1.807, 2.05) is 0 Å². The maximum absolute atomic E-state index is 12.4. The highest BCUT2D eigenvalue weighted by atomic mass is 32.2. The number of ether oxygens (including phenoxy) is 1. The van der Waals surface area contributed by atoms with E-state index in [-0.39, 0.29) is 6.61 Å². The van der Waals surface area contributed by atoms with E-state index >= 15 is 0 Å². The summed E-state index contributed by atoms with van der Waals surface area (Å²) < 4.78 is 58.4. The first kappa shape index (κ1) is 13.2. The van der Waals surface area contributed by atoms with Gasteiger partial charge in [-0.05, 0) is 6.42 Å². The molecule has 84 valence electrons. The van der Waals surface area contributed by atoms with Crippen molar-refractivity contribution in [2.45, 2.75) is 25.0 Å². The topological polar surface area (TPSA) is 83.5 Å². The molecule has 0 fully saturated rings. The minimum atomic E-state index is -6.00. The Kier molecular flexibility index (Phi) is 4.40. The van der Waals surface area contributed by atoms with Crippen LogP contribution in [0.25, 0.3) is 0 Å². The van der Waals surface area contributed by atoms with Crippen molar-refractivity contribution in [1.82, 2.24) is 0 Å². The number of esters is 1. The van der Waals surface area contributed by atoms with E-state index in [0.29, 0.717) is 12.8 Å². The van der Waals surface area contributed by atoms with Crippen LogP contribution in [0.15, 0.2) is 0 Å². The molecule has 5 nitrogen and oxygen atoms in total. The summed E-state index contributed by atoms with van der Waals surface area (Å²) in [6.45, 7) is 1.39. The smallest absolute Gasteiger partial charge is 0.428 e. The number of unbranched alkanes of at least 4 members (excludes halogenated alkanes) is 1. The van der Waals surface area contributed by atoms with Crippen LogP contribution in [-0.2, 0) is 19.6 Å². The van der Waals surface area contributed by atoms with Crippen molar-refractivity contribution in [1.29, 1.82) is 0 Å². The molecule has 0 bridgehead atoms. The summed E-state index contributed by atoms with van der Waals surface area (Å²) in [5, 5.41) is -5.00. The van der Waals surface area contributed by atoms with Gasteiger partial charge in [0.15, 0.2) is 10.1 Å². The van der Waals surface area contributed by atoms with E-state index in [0.717, 1.165) is 0 Å². The van der Waals surface area contributed by atoms with Crippen LogP contribution in [0.1, 0.15) is 19.8 Å². The van der Waals surface area contributed by atoms with Crippen LogP contribution >= 0.6 is 0 Å². The minimum absolute atomic E-state index is 0.320. The average Bonchev–Trinajstić information content (AvgIpc) is 2.02. The maximum Gasteiger partial charge on any atom is 0.428 e. The van der Waals surface area contributed by atoms with E-state index in [9.17, 15) is 26.5 Å². The molecule has 0 heterocycles. The monoisotopic (exact) mass is 231 g/mol. The second-order valence-corrected chi connectivity index (χ2v) is 3.88. The number of carbonyl (C=O) groups is 1. The van der Waals surface area contributed by atoms with Crippen molar-refractivity contribution in [3.63, 3.8) is 0 Å². The molecule has 0 amide bonds. The van der Waals surface area contributed by atoms with Gasteiger partial charge in [-0.2, -0.15) is 8.78 Å². The second-order valence-electron chi connectivity index (χ2n) is 2.46. The molecule has 8 heteroatoms. The van der Waals surface area contributed by atoms with Gasteiger partial charge in [0.25, 0.3) is 0 Å². The van der Waals surface area contributed by atoms with Crippen molar-refractivity contribution < 1.29 is 31.3 Å². The zero-order valence-electron chi connectivity index (χ0n) is 7.33. The molecular weight excluding hydrogens is 222 g/mol. The molecule has 0 aromatic carbocycles. The Bertz CT molecular complexity index is 297. The molecule has 0 aliphatic carbocycles. The van der Waals surface area contributed by atoms with Crippen LogP contribution in [-0.4, -0.2) is 30.8 Å². The van der Waals surface area contributed by atoms with Crippen LogP contribution in [0.3, 0.4) is 0 Å². The Labute approximate surface area is 79.8 Å². The highest BCUT2D eigenvalue weighted by Gasteiger charge is 2.48. The fraction of sp³-hybridized carbons (Fsp3) is 0.833. The molecular formula is C6H9F2O5S-. The first-order valence-electron chi connectivity index (χ1n) is 3.74. The summed E-state index contributed by atoms with van der Waals surface area (Å²) in [5.41, 5.74) is 0. The lowest BCUT2D eigenvalue weighted by Crippen LogP contribution is -2.39. The lowest BCUT2D eigenvalue weighted by atomic mass is 10.4. The van der Waals surface area contributed by atoms with E-state index in [1.54, 1.807) is 6.92 Å². The van der Waals surface area contributed by atoms with Crippen molar-refractivity contribution in [3.05, 3.63) is 0 Å². The van der Waals surface area contributed by atoms with Gasteiger partial charge >= 0.3 is 11.2 Å². The predicted molar refractivity (Wildman–Crippen MR) is 40.5 cm³/mol. The highest BCUT2D eigenvalue weighted by molar-refractivity contribution is 7.87. The number of hydrogen-bond donors (Lipinski definition) is 0. The fourth-order valence-corrected chi connectivity index (χ4v) is 0.758. The van der Waals surface area contributed by atoms with Crippen LogP contribution in [0.5, 0.6) is 0 Å². The molecule has 0 spiro atoms. The zero-order valence-corrected chi connectivity index (χ0v) is 8.14. The molecule has 0 rings (SSSR count). The van der Waals surface area contributed by atoms with Gasteiger partial charge in [-0.25, -0.2) is 13.2 Å². The first-order chi connectivity index (χ1) is 6.23. The fourth-order valence-electron chi connectivity index (χ4n) is 0.495. The number of carbonyl (C=O) groups excluding carboxylic acids is 1. The molecule has 14 heavy (non-hydrogen) atoms. The summed E-state index contributed by atoms with van der Waals surface area (Å²) in [5.74, 6) is -2.32. The van der Waals surface area contributed by atoms with Gasteiger partial charge in [-0.3, -0.25) is 0 Å². The molecule has 0 saturated heterocycles. The first-order valence-corrected chi connectivity index (χ1v) is 5.14. The van der Waals surface area contributed by atoms with Crippen molar-refractivity contribution in [2.24, 2.45) is 0 Å². The lowest BCUT2D eigenvalue weighted by Gasteiger charge is -2.17. The quantitative estimate of drug-likeness (QED) is 0.390. The third kappa shape index (κ3) is 3.18. The normalized spacial score (nSPS) is 12.6. The van der Waals surface area contributed by atoms with Gasteiger partial charge in [0.2, 0.25) is 0 Å². The summed E-state index contributed by atoms with van der Waals surface area (Å²) in [6.07, 6.45) is 0.906. The van der Waals surface area contributed by atoms with E-state index in [2.05, 4.69) is 4.74 Å². The van der Waals surface area contributed by atoms with Crippen molar-refractivity contribution in [2.75, 3.05) is 6.61 Å². The Morgan fingerprint density at radius 1 is 1.50 bits per heavy atom. The van der Waals surface area contributed by atoms with Crippen LogP contribution < -0.4 is 0 Å². The average molecular weight is 231 g/mol. The number of halogens is 2. The Balaban J connectivity index is 4.39. The van der Waals surface area contributed by atoms with Crippen molar-refractivity contribution >= 4 is 16.1 Å². The van der Waals surface area contributed by atoms with Crippen LogP contribution in [0.2, 0.25) is 0 Å². The molecule has 0 N–H and O–H groups in total. The minimum Gasteiger partial charge on any atom is -0.743 e. The van der Waals surface area contributed by atoms with Crippen LogP contribution in [0.4, 0.5) is 8.78 Å². The van der Waals surface area contributed by atoms with Gasteiger partial charge < -0.3 is 9.29 Å². The zero-order chi connectivity index (χ0) is 11.4. The summed E-state index contributed by atoms with van der Waals surface area (Å²) >= 11 is 0. The summed E-state index contributed by atoms with van der Waals surface area (Å²) in [4.78, 5) is 10.4. The Hall–Kier alpha value is -0.760. The molecule has 0 atom stereocenters. The molecule has 0 saturated carbocycles. The van der Waals surface area contributed by atoms with E-state index in [4.69, 9.17) is 0 Å². The Morgan fingerprint density at radius 2 is 2.00 bits per heavy atom. The van der Waals surface area contributed by atoms with Gasteiger partial charge in [0, 0.05) is 0 Å². The van der Waals surface area contributed by atoms with E-state index in [1.165, 1.54) is 0 Å². The van der Waals surface area contributed by atoms with Gasteiger partial charge in [0.05, 0.1) is 6.61 Å². The second kappa shape index (κ2) is 4.65. The third-order valence-corrected chi connectivity index (χ3v) is 2.08. The standard InChI is InChI=1S/C6H10F2O5S/c1-2-3-4-13-5(9)6(7,8)14(10,11)12/h2-4H2,1H3,(H,10,11,12)/p-1. The third-order valence-electron chi connectivity index (χ3n) is 1.28. The molecule has 0 unspecified atom stereocenters. The summed E-state index contributed by atoms with van der Waals surface area (Å²) in [6, 6.07) is 0. The van der Waals surface area contributed by atoms with Gasteiger partial charge in [-0.1, -0.05) is 13.3 Å². The van der Waals surface area contributed by atoms with Gasteiger partial charge in [0.1, 0.15) is 0 Å². The molecule has 0 aliphatic heterocycles. The molecule has 0 aromatic rings. The number of alkyl halides is 2. The van der Waals surface area contributed by atoms with Crippen LogP contribution in [0, 0.1) is 0 Å². The molecule has 0 aliphatic rings. The van der Waals surface area contributed by atoms with E-state index < -0.39 is 21.3 Å². The SMILES string of the molecule is CCCCOC(=O)C(F)(F)S(=O)(=O)[O-]. The predicted octanol–water partition coefficient (Wildman–Crippen LogP) is 0.468. The molecule has 0 radical (unpaired) electrons.